The van der Waals surface area contributed by atoms with E-state index in [1.165, 1.54) is 24.5 Å². The van der Waals surface area contributed by atoms with Gasteiger partial charge in [-0.25, -0.2) is 0 Å². The van der Waals surface area contributed by atoms with Gasteiger partial charge in [-0.05, 0) is 37.0 Å². The smallest absolute Gasteiger partial charge is 0.303 e. The number of carboxylic acid groups (broad SMARTS) is 1. The fraction of sp³-hybridized carbons (Fsp3) is 0.346. The van der Waals surface area contributed by atoms with Crippen LogP contribution in [-0.4, -0.2) is 70.3 Å². The average Bonchev–Trinajstić information content (AvgIpc) is 2.92. The summed E-state index contributed by atoms with van der Waals surface area (Å²) < 4.78 is 0. The summed E-state index contributed by atoms with van der Waals surface area (Å²) in [6.45, 7) is 0.216. The van der Waals surface area contributed by atoms with E-state index in [9.17, 15) is 24.0 Å². The van der Waals surface area contributed by atoms with Crippen LogP contribution in [0.2, 0.25) is 0 Å². The van der Waals surface area contributed by atoms with E-state index in [1.807, 2.05) is 0 Å². The number of hydrogen-bond acceptors (Lipinski definition) is 7. The third kappa shape index (κ3) is 11.2. The van der Waals surface area contributed by atoms with Crippen molar-refractivity contribution in [1.82, 2.24) is 20.9 Å². The van der Waals surface area contributed by atoms with Crippen molar-refractivity contribution in [3.8, 4) is 0 Å². The van der Waals surface area contributed by atoms with Gasteiger partial charge in [-0.15, -0.1) is 0 Å². The van der Waals surface area contributed by atoms with Crippen LogP contribution in [0.5, 0.6) is 0 Å². The number of carbonyl (C=O) groups is 5. The molecule has 1 heterocycles. The molecule has 1 aromatic carbocycles. The second-order valence-electron chi connectivity index (χ2n) is 8.86. The molecule has 0 fully saturated rings. The number of primary amides is 1. The van der Waals surface area contributed by atoms with Crippen molar-refractivity contribution in [3.05, 3.63) is 66.0 Å². The molecule has 2 aromatic rings. The van der Waals surface area contributed by atoms with E-state index in [2.05, 4.69) is 25.9 Å². The Labute approximate surface area is 230 Å². The Bertz CT molecular complexity index is 1190. The van der Waals surface area contributed by atoms with Crippen LogP contribution < -0.4 is 33.2 Å². The number of carboxylic acids is 1. The molecule has 14 heteroatoms. The second kappa shape index (κ2) is 16.1. The predicted molar refractivity (Wildman–Crippen MR) is 145 cm³/mol. The van der Waals surface area contributed by atoms with Crippen molar-refractivity contribution in [2.75, 3.05) is 6.54 Å². The molecule has 0 saturated heterocycles. The summed E-state index contributed by atoms with van der Waals surface area (Å²) >= 11 is 0. The molecule has 0 aliphatic carbocycles. The first-order valence-corrected chi connectivity index (χ1v) is 12.5. The van der Waals surface area contributed by atoms with Crippen molar-refractivity contribution in [2.24, 2.45) is 22.2 Å². The van der Waals surface area contributed by atoms with Crippen molar-refractivity contribution >= 4 is 35.6 Å². The van der Waals surface area contributed by atoms with Crippen molar-refractivity contribution in [3.63, 3.8) is 0 Å². The Morgan fingerprint density at radius 3 is 2.12 bits per heavy atom. The molecule has 214 valence electrons. The van der Waals surface area contributed by atoms with Crippen LogP contribution in [0.25, 0.3) is 0 Å². The number of benzene rings is 1. The molecule has 2 rings (SSSR count). The number of amides is 4. The van der Waals surface area contributed by atoms with Gasteiger partial charge in [-0.1, -0.05) is 30.3 Å². The first-order valence-electron chi connectivity index (χ1n) is 12.5. The Morgan fingerprint density at radius 2 is 1.52 bits per heavy atom. The van der Waals surface area contributed by atoms with E-state index >= 15 is 0 Å². The number of aromatic nitrogens is 1. The minimum absolute atomic E-state index is 0.0418. The zero-order chi connectivity index (χ0) is 29.5. The molecule has 0 saturated carbocycles. The number of guanidine groups is 1. The summed E-state index contributed by atoms with van der Waals surface area (Å²) in [4.78, 5) is 70.1. The SMILES string of the molecule is NC(=O)[C@H](CCCN=C(N)N)NC(=O)[C@H](Cc1ccccc1)NC(=O)[C@H](CCC(=O)O)NC(=O)c1cccnc1. The standard InChI is InChI=1S/C26H34N8O6/c27-22(37)18(9-5-13-31-26(28)29)32-25(40)20(14-16-6-2-1-3-7-16)34-24(39)19(10-11-21(35)36)33-23(38)17-8-4-12-30-15-17/h1-4,6-8,12,15,18-20H,5,9-11,13-14H2,(H2,27,37)(H,32,40)(H,33,38)(H,34,39)(H,35,36)(H4,28,29,31)/t18-,19-,20-/m0/s1. The summed E-state index contributed by atoms with van der Waals surface area (Å²) in [5, 5.41) is 16.8. The summed E-state index contributed by atoms with van der Waals surface area (Å²) in [5.74, 6) is -4.19. The maximum Gasteiger partial charge on any atom is 0.303 e. The molecule has 3 atom stereocenters. The molecular weight excluding hydrogens is 520 g/mol. The molecule has 0 unspecified atom stereocenters. The Morgan fingerprint density at radius 1 is 0.850 bits per heavy atom. The topological polar surface area (TPSA) is 245 Å². The highest BCUT2D eigenvalue weighted by Gasteiger charge is 2.29. The van der Waals surface area contributed by atoms with Gasteiger partial charge in [0.1, 0.15) is 18.1 Å². The second-order valence-corrected chi connectivity index (χ2v) is 8.86. The zero-order valence-electron chi connectivity index (χ0n) is 21.8. The third-order valence-corrected chi connectivity index (χ3v) is 5.71. The summed E-state index contributed by atoms with van der Waals surface area (Å²) in [6, 6.07) is 8.29. The first-order chi connectivity index (χ1) is 19.1. The van der Waals surface area contributed by atoms with Gasteiger partial charge in [0.05, 0.1) is 5.56 Å². The quantitative estimate of drug-likeness (QED) is 0.0746. The highest BCUT2D eigenvalue weighted by atomic mass is 16.4. The predicted octanol–water partition coefficient (Wildman–Crippen LogP) is -1.20. The molecule has 0 aliphatic rings. The number of nitrogens with two attached hydrogens (primary N) is 3. The van der Waals surface area contributed by atoms with Crippen LogP contribution in [-0.2, 0) is 25.6 Å². The third-order valence-electron chi connectivity index (χ3n) is 5.71. The minimum atomic E-state index is -1.28. The van der Waals surface area contributed by atoms with Gasteiger partial charge in [0.15, 0.2) is 5.96 Å². The number of carbonyl (C=O) groups excluding carboxylic acids is 4. The van der Waals surface area contributed by atoms with Gasteiger partial charge < -0.3 is 38.3 Å². The van der Waals surface area contributed by atoms with Crippen molar-refractivity contribution in [2.45, 2.75) is 50.2 Å². The maximum atomic E-state index is 13.3. The number of aliphatic carboxylic acids is 1. The lowest BCUT2D eigenvalue weighted by atomic mass is 10.0. The molecule has 0 radical (unpaired) electrons. The van der Waals surface area contributed by atoms with Crippen LogP contribution in [0.3, 0.4) is 0 Å². The molecule has 14 nitrogen and oxygen atoms in total. The van der Waals surface area contributed by atoms with Crippen LogP contribution in [0.1, 0.15) is 41.6 Å². The number of pyridine rings is 1. The van der Waals surface area contributed by atoms with Gasteiger partial charge in [-0.3, -0.25) is 33.9 Å². The number of rotatable bonds is 16. The van der Waals surface area contributed by atoms with Crippen LogP contribution >= 0.6 is 0 Å². The molecule has 4 amide bonds. The number of aliphatic imine (C=N–C) groups is 1. The van der Waals surface area contributed by atoms with Crippen molar-refractivity contribution in [1.29, 1.82) is 0 Å². The lowest BCUT2D eigenvalue weighted by Gasteiger charge is -2.25. The van der Waals surface area contributed by atoms with Gasteiger partial charge in [0.2, 0.25) is 17.7 Å². The monoisotopic (exact) mass is 554 g/mol. The summed E-state index contributed by atoms with van der Waals surface area (Å²) in [7, 11) is 0. The Balaban J connectivity index is 2.22. The molecular formula is C26H34N8O6. The van der Waals surface area contributed by atoms with Gasteiger partial charge in [0.25, 0.3) is 5.91 Å². The van der Waals surface area contributed by atoms with Gasteiger partial charge in [0, 0.05) is 31.8 Å². The van der Waals surface area contributed by atoms with E-state index in [4.69, 9.17) is 22.3 Å². The first kappa shape index (κ1) is 31.2. The van der Waals surface area contributed by atoms with Crippen LogP contribution in [0, 0.1) is 0 Å². The molecule has 0 spiro atoms. The van der Waals surface area contributed by atoms with E-state index in [0.29, 0.717) is 12.0 Å². The molecule has 0 aliphatic heterocycles. The number of nitrogens with one attached hydrogen (secondary N) is 3. The number of hydrogen-bond donors (Lipinski definition) is 7. The normalized spacial score (nSPS) is 12.7. The van der Waals surface area contributed by atoms with E-state index in [1.54, 1.807) is 30.3 Å². The average molecular weight is 555 g/mol. The lowest BCUT2D eigenvalue weighted by molar-refractivity contribution is -0.137. The summed E-state index contributed by atoms with van der Waals surface area (Å²) in [5.41, 5.74) is 16.9. The molecule has 40 heavy (non-hydrogen) atoms. The molecule has 1 aromatic heterocycles. The van der Waals surface area contributed by atoms with Gasteiger partial charge in [-0.2, -0.15) is 0 Å². The Hall–Kier alpha value is -5.01. The fourth-order valence-corrected chi connectivity index (χ4v) is 3.67. The van der Waals surface area contributed by atoms with Crippen LogP contribution in [0.15, 0.2) is 59.9 Å². The number of nitrogens with zero attached hydrogens (tertiary/aromatic N) is 2. The lowest BCUT2D eigenvalue weighted by Crippen LogP contribution is -2.57. The summed E-state index contributed by atoms with van der Waals surface area (Å²) in [6.07, 6.45) is 2.65. The fourth-order valence-electron chi connectivity index (χ4n) is 3.67. The van der Waals surface area contributed by atoms with Crippen LogP contribution in [0.4, 0.5) is 0 Å². The van der Waals surface area contributed by atoms with E-state index < -0.39 is 54.1 Å². The van der Waals surface area contributed by atoms with Gasteiger partial charge >= 0.3 is 5.97 Å². The maximum absolute atomic E-state index is 13.3. The Kier molecular flexibility index (Phi) is 12.5. The van der Waals surface area contributed by atoms with E-state index in [0.717, 1.165) is 0 Å². The zero-order valence-corrected chi connectivity index (χ0v) is 21.8. The molecule has 0 bridgehead atoms. The van der Waals surface area contributed by atoms with E-state index in [-0.39, 0.29) is 37.3 Å². The van der Waals surface area contributed by atoms with Crippen molar-refractivity contribution < 1.29 is 29.1 Å². The largest absolute Gasteiger partial charge is 0.481 e. The minimum Gasteiger partial charge on any atom is -0.481 e. The highest BCUT2D eigenvalue weighted by Crippen LogP contribution is 2.08. The molecule has 10 N–H and O–H groups in total. The highest BCUT2D eigenvalue weighted by molar-refractivity contribution is 5.98.